The number of carbonyl (C=O) groups excluding carboxylic acids is 1. The Labute approximate surface area is 219 Å². The molecule has 4 rings (SSSR count). The quantitative estimate of drug-likeness (QED) is 0.293. The molecular formula is C26H32F3N7O2. The van der Waals surface area contributed by atoms with Crippen molar-refractivity contribution in [3.8, 4) is 0 Å². The lowest BCUT2D eigenvalue weighted by atomic mass is 9.85. The van der Waals surface area contributed by atoms with Crippen molar-refractivity contribution in [2.45, 2.75) is 57.3 Å². The number of hydrogen-bond donors (Lipinski definition) is 4. The molecule has 38 heavy (non-hydrogen) atoms. The number of halogens is 3. The Hall–Kier alpha value is -3.67. The lowest BCUT2D eigenvalue weighted by Crippen LogP contribution is -2.41. The maximum Gasteiger partial charge on any atom is 0.391 e. The summed E-state index contributed by atoms with van der Waals surface area (Å²) in [5, 5.41) is 8.93. The van der Waals surface area contributed by atoms with E-state index in [2.05, 4.69) is 37.5 Å². The van der Waals surface area contributed by atoms with Gasteiger partial charge in [-0.25, -0.2) is 15.0 Å². The highest BCUT2D eigenvalue weighted by atomic mass is 19.4. The van der Waals surface area contributed by atoms with E-state index in [9.17, 15) is 18.0 Å². The summed E-state index contributed by atoms with van der Waals surface area (Å²) in [6, 6.07) is 4.46. The second kappa shape index (κ2) is 11.8. The second-order valence-electron chi connectivity index (χ2n) is 9.58. The number of benzene rings is 1. The normalized spacial score (nSPS) is 22.1. The molecule has 3 unspecified atom stereocenters. The van der Waals surface area contributed by atoms with Gasteiger partial charge < -0.3 is 26.4 Å². The van der Waals surface area contributed by atoms with Crippen LogP contribution in [-0.4, -0.2) is 53.2 Å². The number of aromatic nitrogens is 2. The van der Waals surface area contributed by atoms with E-state index in [1.807, 2.05) is 6.92 Å². The Kier molecular flexibility index (Phi) is 8.50. The van der Waals surface area contributed by atoms with Gasteiger partial charge >= 0.3 is 6.18 Å². The fraction of sp³-hybridized carbons (Fsp3) is 0.462. The number of alkyl halides is 3. The number of ether oxygens (including phenoxy) is 1. The van der Waals surface area contributed by atoms with Crippen molar-refractivity contribution < 1.29 is 22.7 Å². The molecule has 0 spiro atoms. The Morgan fingerprint density at radius 2 is 2.08 bits per heavy atom. The zero-order valence-electron chi connectivity index (χ0n) is 21.1. The Morgan fingerprint density at radius 1 is 1.26 bits per heavy atom. The van der Waals surface area contributed by atoms with Crippen LogP contribution in [0.25, 0.3) is 0 Å². The van der Waals surface area contributed by atoms with E-state index in [4.69, 9.17) is 10.5 Å². The molecule has 2 aliphatic rings. The molecule has 2 aromatic rings. The molecule has 2 heterocycles. The fourth-order valence-electron chi connectivity index (χ4n) is 4.63. The Morgan fingerprint density at radius 3 is 2.79 bits per heavy atom. The topological polar surface area (TPSA) is 127 Å². The van der Waals surface area contributed by atoms with Crippen LogP contribution in [0.5, 0.6) is 0 Å². The first-order valence-corrected chi connectivity index (χ1v) is 12.6. The van der Waals surface area contributed by atoms with Crippen molar-refractivity contribution in [1.82, 2.24) is 15.3 Å². The van der Waals surface area contributed by atoms with Crippen LogP contribution in [0.4, 0.5) is 30.5 Å². The van der Waals surface area contributed by atoms with Crippen LogP contribution in [0.2, 0.25) is 0 Å². The van der Waals surface area contributed by atoms with Gasteiger partial charge in [-0.1, -0.05) is 19.1 Å². The maximum atomic E-state index is 13.2. The first kappa shape index (κ1) is 27.4. The molecule has 1 saturated heterocycles. The minimum absolute atomic E-state index is 0.0865. The van der Waals surface area contributed by atoms with Gasteiger partial charge in [0.2, 0.25) is 5.95 Å². The third-order valence-corrected chi connectivity index (χ3v) is 6.74. The van der Waals surface area contributed by atoms with Crippen LogP contribution < -0.4 is 21.7 Å². The summed E-state index contributed by atoms with van der Waals surface area (Å²) in [4.78, 5) is 26.3. The molecular weight excluding hydrogens is 499 g/mol. The van der Waals surface area contributed by atoms with Crippen molar-refractivity contribution in [2.75, 3.05) is 23.8 Å². The molecule has 9 nitrogen and oxygen atoms in total. The van der Waals surface area contributed by atoms with E-state index in [-0.39, 0.29) is 30.3 Å². The van der Waals surface area contributed by atoms with E-state index in [1.165, 1.54) is 6.20 Å². The molecule has 1 aromatic carbocycles. The molecule has 0 bridgehead atoms. The lowest BCUT2D eigenvalue weighted by molar-refractivity contribution is -0.183. The number of nitrogens with two attached hydrogens (primary N) is 1. The summed E-state index contributed by atoms with van der Waals surface area (Å²) >= 11 is 0. The molecule has 3 atom stereocenters. The van der Waals surface area contributed by atoms with Crippen LogP contribution in [-0.2, 0) is 4.74 Å². The number of amidine groups is 1. The summed E-state index contributed by atoms with van der Waals surface area (Å²) in [5.41, 5.74) is 8.68. The fourth-order valence-corrected chi connectivity index (χ4v) is 4.63. The molecule has 1 aliphatic heterocycles. The van der Waals surface area contributed by atoms with Crippen molar-refractivity contribution in [2.24, 2.45) is 16.6 Å². The molecule has 2 fully saturated rings. The zero-order valence-corrected chi connectivity index (χ0v) is 21.1. The minimum atomic E-state index is -4.26. The second-order valence-corrected chi connectivity index (χ2v) is 9.58. The number of anilines is 2. The zero-order chi connectivity index (χ0) is 27.3. The van der Waals surface area contributed by atoms with E-state index in [0.717, 1.165) is 12.0 Å². The largest absolute Gasteiger partial charge is 0.391 e. The van der Waals surface area contributed by atoms with Crippen molar-refractivity contribution in [3.05, 3.63) is 54.0 Å². The standard InChI is InChI=1S/C26H32F3N7O2/c1-3-31-21-13-32-25(34-19-9-10-38-14-19)36-22(21)23(30)35-20-11-16(8-7-15(20)2)24(37)33-18-6-4-5-17(12-18)26(27,28)29/h3,7-8,11,13,17-19,31H,1,4-6,9-10,12,14H2,2H3,(H2,30,35)(H,33,37)(H,32,34,36). The predicted molar refractivity (Wildman–Crippen MR) is 140 cm³/mol. The van der Waals surface area contributed by atoms with Gasteiger partial charge in [0.05, 0.1) is 36.1 Å². The molecule has 1 saturated carbocycles. The van der Waals surface area contributed by atoms with Gasteiger partial charge in [0.25, 0.3) is 5.91 Å². The highest BCUT2D eigenvalue weighted by Crippen LogP contribution is 2.37. The number of nitrogens with zero attached hydrogens (tertiary/aromatic N) is 3. The van der Waals surface area contributed by atoms with Gasteiger partial charge in [-0.3, -0.25) is 4.79 Å². The summed E-state index contributed by atoms with van der Waals surface area (Å²) in [6.07, 6.45) is 0.523. The molecule has 1 amide bonds. The molecule has 5 N–H and O–H groups in total. The van der Waals surface area contributed by atoms with Crippen molar-refractivity contribution in [1.29, 1.82) is 0 Å². The molecule has 204 valence electrons. The monoisotopic (exact) mass is 531 g/mol. The van der Waals surface area contributed by atoms with Gasteiger partial charge in [-0.2, -0.15) is 13.2 Å². The number of amides is 1. The van der Waals surface area contributed by atoms with Crippen LogP contribution >= 0.6 is 0 Å². The van der Waals surface area contributed by atoms with Gasteiger partial charge in [-0.05, 0) is 56.5 Å². The van der Waals surface area contributed by atoms with Gasteiger partial charge in [0.1, 0.15) is 5.69 Å². The smallest absolute Gasteiger partial charge is 0.382 e. The highest BCUT2D eigenvalue weighted by molar-refractivity contribution is 6.03. The number of rotatable bonds is 8. The van der Waals surface area contributed by atoms with E-state index in [0.29, 0.717) is 49.1 Å². The van der Waals surface area contributed by atoms with Crippen LogP contribution in [0, 0.1) is 12.8 Å². The third kappa shape index (κ3) is 6.80. The predicted octanol–water partition coefficient (Wildman–Crippen LogP) is 4.43. The average Bonchev–Trinajstić information content (AvgIpc) is 3.39. The van der Waals surface area contributed by atoms with Crippen LogP contribution in [0.15, 0.2) is 42.2 Å². The number of nitrogens with one attached hydrogen (secondary N) is 3. The van der Waals surface area contributed by atoms with Gasteiger partial charge in [-0.15, -0.1) is 0 Å². The Balaban J connectivity index is 1.54. The number of aliphatic imine (C=N–C) groups is 1. The summed E-state index contributed by atoms with van der Waals surface area (Å²) < 4.78 is 44.9. The number of hydrogen-bond acceptors (Lipinski definition) is 7. The SMILES string of the molecule is C=CNc1cnc(NC2CCOC2)nc1C(N)=Nc1cc(C(=O)NC2CCCC(C(F)(F)F)C2)ccc1C. The van der Waals surface area contributed by atoms with Crippen molar-refractivity contribution >= 4 is 29.1 Å². The molecule has 1 aliphatic carbocycles. The van der Waals surface area contributed by atoms with E-state index < -0.39 is 24.0 Å². The summed E-state index contributed by atoms with van der Waals surface area (Å²) in [6.45, 7) is 6.71. The molecule has 12 heteroatoms. The first-order valence-electron chi connectivity index (χ1n) is 12.6. The summed E-state index contributed by atoms with van der Waals surface area (Å²) in [7, 11) is 0. The number of carbonyl (C=O) groups is 1. The lowest BCUT2D eigenvalue weighted by Gasteiger charge is -2.31. The van der Waals surface area contributed by atoms with E-state index >= 15 is 0 Å². The van der Waals surface area contributed by atoms with Crippen LogP contribution in [0.3, 0.4) is 0 Å². The molecule has 0 radical (unpaired) electrons. The van der Waals surface area contributed by atoms with E-state index in [1.54, 1.807) is 24.4 Å². The highest BCUT2D eigenvalue weighted by Gasteiger charge is 2.42. The summed E-state index contributed by atoms with van der Waals surface area (Å²) in [5.74, 6) is -1.39. The Bertz CT molecular complexity index is 1200. The third-order valence-electron chi connectivity index (χ3n) is 6.74. The number of aryl methyl sites for hydroxylation is 1. The van der Waals surface area contributed by atoms with Crippen molar-refractivity contribution in [3.63, 3.8) is 0 Å². The minimum Gasteiger partial charge on any atom is -0.382 e. The molecule has 1 aromatic heterocycles. The van der Waals surface area contributed by atoms with Gasteiger partial charge in [0, 0.05) is 18.2 Å². The average molecular weight is 532 g/mol. The first-order chi connectivity index (χ1) is 18.1. The van der Waals surface area contributed by atoms with Crippen LogP contribution in [0.1, 0.15) is 53.7 Å². The maximum absolute atomic E-state index is 13.2. The van der Waals surface area contributed by atoms with Gasteiger partial charge in [0.15, 0.2) is 5.84 Å².